The van der Waals surface area contributed by atoms with Crippen LogP contribution in [0.5, 0.6) is 0 Å². The van der Waals surface area contributed by atoms with Gasteiger partial charge in [0.1, 0.15) is 5.03 Å². The smallest absolute Gasteiger partial charge is 0.323 e. The van der Waals surface area contributed by atoms with Crippen LogP contribution in [0.25, 0.3) is 11.3 Å². The second-order valence-corrected chi connectivity index (χ2v) is 8.47. The second-order valence-electron chi connectivity index (χ2n) is 6.56. The molecule has 4 aromatic rings. The van der Waals surface area contributed by atoms with E-state index in [4.69, 9.17) is 0 Å². The van der Waals surface area contributed by atoms with Crippen LogP contribution >= 0.6 is 27.7 Å². The predicted molar refractivity (Wildman–Crippen MR) is 132 cm³/mol. The standard InChI is InChI=1S/C23H19BrN6OS/c1-25-22-27-14-12-19(29-22)17-5-4-13-26-21(17)32-16-10-8-15(9-11-16)28-23(31)30-20-7-3-2-6-18(20)24/h2-14H,1H3,(H,25,27,29)(H2,28,30,31). The third-order valence-corrected chi connectivity index (χ3v) is 6.09. The van der Waals surface area contributed by atoms with Crippen molar-refractivity contribution in [1.82, 2.24) is 15.0 Å². The van der Waals surface area contributed by atoms with E-state index in [1.165, 1.54) is 11.8 Å². The molecule has 0 fully saturated rings. The molecule has 2 aromatic heterocycles. The number of para-hydroxylation sites is 1. The number of anilines is 3. The SMILES string of the molecule is CNc1nccc(-c2cccnc2Sc2ccc(NC(=O)Nc3ccccc3Br)cc2)n1. The van der Waals surface area contributed by atoms with E-state index >= 15 is 0 Å². The second kappa shape index (κ2) is 10.3. The van der Waals surface area contributed by atoms with Crippen LogP contribution in [0.4, 0.5) is 22.1 Å². The minimum Gasteiger partial charge on any atom is -0.357 e. The predicted octanol–water partition coefficient (Wildman–Crippen LogP) is 6.14. The number of carbonyl (C=O) groups excluding carboxylic acids is 1. The van der Waals surface area contributed by atoms with Gasteiger partial charge in [-0.05, 0) is 70.5 Å². The van der Waals surface area contributed by atoms with E-state index in [2.05, 4.69) is 46.8 Å². The number of rotatable bonds is 6. The van der Waals surface area contributed by atoms with Crippen molar-refractivity contribution in [3.05, 3.63) is 83.6 Å². The molecule has 0 saturated carbocycles. The van der Waals surface area contributed by atoms with Gasteiger partial charge < -0.3 is 16.0 Å². The number of hydrogen-bond acceptors (Lipinski definition) is 6. The van der Waals surface area contributed by atoms with Gasteiger partial charge in [-0.25, -0.2) is 19.7 Å². The quantitative estimate of drug-likeness (QED) is 0.291. The Morgan fingerprint density at radius 2 is 1.72 bits per heavy atom. The molecule has 0 aliphatic rings. The number of nitrogens with zero attached hydrogens (tertiary/aromatic N) is 3. The monoisotopic (exact) mass is 506 g/mol. The molecule has 32 heavy (non-hydrogen) atoms. The van der Waals surface area contributed by atoms with Crippen LogP contribution in [0.1, 0.15) is 0 Å². The minimum absolute atomic E-state index is 0.312. The summed E-state index contributed by atoms with van der Waals surface area (Å²) in [6, 6.07) is 20.5. The average molecular weight is 507 g/mol. The van der Waals surface area contributed by atoms with Gasteiger partial charge in [-0.2, -0.15) is 0 Å². The zero-order valence-corrected chi connectivity index (χ0v) is 19.4. The van der Waals surface area contributed by atoms with Gasteiger partial charge in [0.05, 0.1) is 11.4 Å². The summed E-state index contributed by atoms with van der Waals surface area (Å²) < 4.78 is 0.818. The Kier molecular flexibility index (Phi) is 6.98. The van der Waals surface area contributed by atoms with E-state index < -0.39 is 0 Å². The molecule has 0 radical (unpaired) electrons. The molecule has 0 aliphatic carbocycles. The van der Waals surface area contributed by atoms with E-state index in [0.717, 1.165) is 25.7 Å². The topological polar surface area (TPSA) is 91.8 Å². The van der Waals surface area contributed by atoms with E-state index in [1.807, 2.05) is 66.7 Å². The molecule has 4 rings (SSSR count). The first-order chi connectivity index (χ1) is 15.6. The molecule has 2 aromatic carbocycles. The molecule has 9 heteroatoms. The average Bonchev–Trinajstić information content (AvgIpc) is 2.82. The highest BCUT2D eigenvalue weighted by Crippen LogP contribution is 2.34. The van der Waals surface area contributed by atoms with Crippen LogP contribution < -0.4 is 16.0 Å². The Morgan fingerprint density at radius 3 is 2.50 bits per heavy atom. The van der Waals surface area contributed by atoms with Crippen molar-refractivity contribution in [3.63, 3.8) is 0 Å². The molecule has 2 amide bonds. The molecular weight excluding hydrogens is 488 g/mol. The summed E-state index contributed by atoms with van der Waals surface area (Å²) in [5.74, 6) is 0.554. The first kappa shape index (κ1) is 21.8. The van der Waals surface area contributed by atoms with E-state index in [0.29, 0.717) is 17.3 Å². The number of aromatic nitrogens is 3. The van der Waals surface area contributed by atoms with E-state index in [-0.39, 0.29) is 6.03 Å². The summed E-state index contributed by atoms with van der Waals surface area (Å²) in [6.07, 6.45) is 3.48. The fraction of sp³-hybridized carbons (Fsp3) is 0.0435. The Labute approximate surface area is 198 Å². The summed E-state index contributed by atoms with van der Waals surface area (Å²) in [6.45, 7) is 0. The van der Waals surface area contributed by atoms with Crippen molar-refractivity contribution in [1.29, 1.82) is 0 Å². The highest BCUT2D eigenvalue weighted by Gasteiger charge is 2.11. The summed E-state index contributed by atoms with van der Waals surface area (Å²) >= 11 is 4.95. The molecule has 160 valence electrons. The molecule has 0 aliphatic heterocycles. The summed E-state index contributed by atoms with van der Waals surface area (Å²) in [5.41, 5.74) is 3.11. The Balaban J connectivity index is 1.45. The number of benzene rings is 2. The van der Waals surface area contributed by atoms with Crippen LogP contribution in [0.2, 0.25) is 0 Å². The number of carbonyl (C=O) groups is 1. The molecule has 2 heterocycles. The van der Waals surface area contributed by atoms with Gasteiger partial charge >= 0.3 is 6.03 Å². The zero-order valence-electron chi connectivity index (χ0n) is 17.0. The van der Waals surface area contributed by atoms with E-state index in [9.17, 15) is 4.79 Å². The van der Waals surface area contributed by atoms with Crippen LogP contribution in [-0.2, 0) is 0 Å². The van der Waals surface area contributed by atoms with Gasteiger partial charge in [-0.3, -0.25) is 0 Å². The van der Waals surface area contributed by atoms with Crippen molar-refractivity contribution in [2.45, 2.75) is 9.92 Å². The normalized spacial score (nSPS) is 10.4. The Bertz CT molecular complexity index is 1240. The lowest BCUT2D eigenvalue weighted by Crippen LogP contribution is -2.19. The van der Waals surface area contributed by atoms with Crippen molar-refractivity contribution in [2.75, 3.05) is 23.0 Å². The van der Waals surface area contributed by atoms with Crippen molar-refractivity contribution < 1.29 is 4.79 Å². The fourth-order valence-electron chi connectivity index (χ4n) is 2.86. The number of pyridine rings is 1. The maximum absolute atomic E-state index is 12.3. The third-order valence-electron chi connectivity index (χ3n) is 4.38. The maximum atomic E-state index is 12.3. The highest BCUT2D eigenvalue weighted by molar-refractivity contribution is 9.10. The molecular formula is C23H19BrN6OS. The molecule has 0 unspecified atom stereocenters. The zero-order chi connectivity index (χ0) is 22.3. The number of halogens is 1. The van der Waals surface area contributed by atoms with Gasteiger partial charge in [0.15, 0.2) is 0 Å². The van der Waals surface area contributed by atoms with Crippen LogP contribution in [0.15, 0.2) is 93.5 Å². The first-order valence-corrected chi connectivity index (χ1v) is 11.3. The molecule has 0 spiro atoms. The third kappa shape index (κ3) is 5.43. The highest BCUT2D eigenvalue weighted by atomic mass is 79.9. The minimum atomic E-state index is -0.312. The number of amides is 2. The Morgan fingerprint density at radius 1 is 0.906 bits per heavy atom. The van der Waals surface area contributed by atoms with Crippen molar-refractivity contribution in [3.8, 4) is 11.3 Å². The number of urea groups is 1. The van der Waals surface area contributed by atoms with Gasteiger partial charge in [0.2, 0.25) is 5.95 Å². The Hall–Kier alpha value is -3.43. The van der Waals surface area contributed by atoms with Gasteiger partial charge in [0.25, 0.3) is 0 Å². The van der Waals surface area contributed by atoms with Crippen LogP contribution in [-0.4, -0.2) is 28.0 Å². The summed E-state index contributed by atoms with van der Waals surface area (Å²) in [4.78, 5) is 26.5. The largest absolute Gasteiger partial charge is 0.357 e. The van der Waals surface area contributed by atoms with E-state index in [1.54, 1.807) is 19.4 Å². The van der Waals surface area contributed by atoms with Crippen molar-refractivity contribution >= 4 is 51.0 Å². The number of hydrogen-bond donors (Lipinski definition) is 3. The van der Waals surface area contributed by atoms with Gasteiger partial charge in [-0.1, -0.05) is 23.9 Å². The lowest BCUT2D eigenvalue weighted by molar-refractivity contribution is 0.262. The number of nitrogens with one attached hydrogen (secondary N) is 3. The fourth-order valence-corrected chi connectivity index (χ4v) is 4.14. The molecule has 7 nitrogen and oxygen atoms in total. The van der Waals surface area contributed by atoms with Crippen LogP contribution in [0, 0.1) is 0 Å². The summed E-state index contributed by atoms with van der Waals surface area (Å²) in [7, 11) is 1.78. The molecule has 0 saturated heterocycles. The van der Waals surface area contributed by atoms with Gasteiger partial charge in [0, 0.05) is 40.1 Å². The lowest BCUT2D eigenvalue weighted by atomic mass is 10.2. The van der Waals surface area contributed by atoms with Crippen molar-refractivity contribution in [2.24, 2.45) is 0 Å². The molecule has 0 atom stereocenters. The van der Waals surface area contributed by atoms with Crippen LogP contribution in [0.3, 0.4) is 0 Å². The first-order valence-electron chi connectivity index (χ1n) is 9.69. The summed E-state index contributed by atoms with van der Waals surface area (Å²) in [5, 5.41) is 9.45. The maximum Gasteiger partial charge on any atom is 0.323 e. The molecule has 3 N–H and O–H groups in total. The van der Waals surface area contributed by atoms with Gasteiger partial charge in [-0.15, -0.1) is 0 Å². The lowest BCUT2D eigenvalue weighted by Gasteiger charge is -2.10. The molecule has 0 bridgehead atoms.